The number of ether oxygens (including phenoxy) is 2. The summed E-state index contributed by atoms with van der Waals surface area (Å²) < 4.78 is 11.3. The first-order valence-corrected chi connectivity index (χ1v) is 11.8. The number of benzene rings is 1. The molecule has 0 bridgehead atoms. The highest BCUT2D eigenvalue weighted by Crippen LogP contribution is 2.50. The van der Waals surface area contributed by atoms with E-state index in [1.54, 1.807) is 7.11 Å². The number of allylic oxidation sites excluding steroid dienone is 2. The van der Waals surface area contributed by atoms with Gasteiger partial charge in [0.2, 0.25) is 0 Å². The second kappa shape index (κ2) is 10.8. The number of hydrogen-bond acceptors (Lipinski definition) is 4. The molecular weight excluding hydrogens is 388 g/mol. The lowest BCUT2D eigenvalue weighted by molar-refractivity contribution is -0.128. The number of methoxy groups -OCH3 is 1. The molecule has 0 unspecified atom stereocenters. The van der Waals surface area contributed by atoms with Crippen LogP contribution in [0.15, 0.2) is 35.9 Å². The molecule has 1 N–H and O–H groups in total. The standard InChI is InChI=1S/C27H40O4/c1-17(2)27(14-28)25-11-18(3)10-24-23(12-21(29)13-26(24)25)19(4)15-31-16-20-6-8-22(30-5)9-7-20/h6-10,17,19,23-28H,11-16H2,1-5H3/t19-,23+,24-,25-,26+,27-/m1/s1. The van der Waals surface area contributed by atoms with E-state index in [1.807, 2.05) is 24.3 Å². The number of rotatable bonds is 9. The van der Waals surface area contributed by atoms with Crippen molar-refractivity contribution in [1.29, 1.82) is 0 Å². The molecule has 2 aliphatic rings. The van der Waals surface area contributed by atoms with Crippen LogP contribution in [0.5, 0.6) is 5.75 Å². The molecular formula is C27H40O4. The van der Waals surface area contributed by atoms with Gasteiger partial charge in [-0.3, -0.25) is 4.79 Å². The lowest BCUT2D eigenvalue weighted by Crippen LogP contribution is -2.45. The Hall–Kier alpha value is -1.65. The minimum Gasteiger partial charge on any atom is -0.497 e. The number of aliphatic hydroxyl groups is 1. The van der Waals surface area contributed by atoms with Crippen molar-refractivity contribution in [3.63, 3.8) is 0 Å². The quantitative estimate of drug-likeness (QED) is 0.543. The zero-order valence-electron chi connectivity index (χ0n) is 19.8. The first-order chi connectivity index (χ1) is 14.8. The van der Waals surface area contributed by atoms with Crippen molar-refractivity contribution in [3.05, 3.63) is 41.5 Å². The summed E-state index contributed by atoms with van der Waals surface area (Å²) in [5.74, 6) is 3.66. The van der Waals surface area contributed by atoms with E-state index in [0.717, 1.165) is 17.7 Å². The monoisotopic (exact) mass is 428 g/mol. The number of fused-ring (bicyclic) bond motifs is 1. The summed E-state index contributed by atoms with van der Waals surface area (Å²) >= 11 is 0. The molecule has 4 heteroatoms. The van der Waals surface area contributed by atoms with E-state index >= 15 is 0 Å². The molecule has 4 nitrogen and oxygen atoms in total. The van der Waals surface area contributed by atoms with E-state index in [2.05, 4.69) is 33.8 Å². The van der Waals surface area contributed by atoms with Gasteiger partial charge in [-0.05, 0) is 72.5 Å². The summed E-state index contributed by atoms with van der Waals surface area (Å²) in [6.45, 7) is 10.3. The summed E-state index contributed by atoms with van der Waals surface area (Å²) in [7, 11) is 1.67. The van der Waals surface area contributed by atoms with Crippen LogP contribution < -0.4 is 4.74 Å². The average Bonchev–Trinajstić information content (AvgIpc) is 2.74. The molecule has 172 valence electrons. The normalized spacial score (nSPS) is 28.1. The molecule has 2 aliphatic carbocycles. The third kappa shape index (κ3) is 5.78. The van der Waals surface area contributed by atoms with E-state index in [9.17, 15) is 9.90 Å². The summed E-state index contributed by atoms with van der Waals surface area (Å²) in [5.41, 5.74) is 2.54. The van der Waals surface area contributed by atoms with Gasteiger partial charge in [-0.15, -0.1) is 0 Å². The van der Waals surface area contributed by atoms with E-state index in [1.165, 1.54) is 5.57 Å². The molecule has 1 fully saturated rings. The fourth-order valence-corrected chi connectivity index (χ4v) is 5.90. The van der Waals surface area contributed by atoms with Crippen molar-refractivity contribution >= 4 is 5.78 Å². The Morgan fingerprint density at radius 1 is 1.06 bits per heavy atom. The lowest BCUT2D eigenvalue weighted by Gasteiger charge is -2.48. The molecule has 6 atom stereocenters. The second-order valence-electron chi connectivity index (χ2n) is 10.2. The summed E-state index contributed by atoms with van der Waals surface area (Å²) in [6, 6.07) is 7.97. The Morgan fingerprint density at radius 3 is 2.39 bits per heavy atom. The van der Waals surface area contributed by atoms with Crippen molar-refractivity contribution < 1.29 is 19.4 Å². The molecule has 0 amide bonds. The average molecular weight is 429 g/mol. The SMILES string of the molecule is COc1ccc(COC[C@@H](C)[C@@H]2CC(=O)C[C@H]3[C@@H]2C=C(C)C[C@H]3[C@H](CO)C(C)C)cc1. The number of Topliss-reactive ketones (excluding diaryl/α,β-unsaturated/α-hetero) is 1. The van der Waals surface area contributed by atoms with Crippen LogP contribution in [0.2, 0.25) is 0 Å². The smallest absolute Gasteiger partial charge is 0.133 e. The van der Waals surface area contributed by atoms with E-state index in [4.69, 9.17) is 9.47 Å². The molecule has 3 rings (SSSR count). The number of carbonyl (C=O) groups excluding carboxylic acids is 1. The Labute approximate surface area is 188 Å². The Bertz CT molecular complexity index is 751. The fraction of sp³-hybridized carbons (Fsp3) is 0.667. The van der Waals surface area contributed by atoms with Gasteiger partial charge in [0.05, 0.1) is 13.7 Å². The predicted octanol–water partition coefficient (Wildman–Crippen LogP) is 5.29. The van der Waals surface area contributed by atoms with Crippen molar-refractivity contribution in [2.45, 2.75) is 53.6 Å². The Balaban J connectivity index is 1.68. The number of ketones is 1. The number of hydrogen-bond donors (Lipinski definition) is 1. The third-order valence-corrected chi connectivity index (χ3v) is 7.66. The van der Waals surface area contributed by atoms with E-state index in [-0.39, 0.29) is 12.5 Å². The van der Waals surface area contributed by atoms with Crippen LogP contribution >= 0.6 is 0 Å². The van der Waals surface area contributed by atoms with Gasteiger partial charge in [-0.1, -0.05) is 44.6 Å². The highest BCUT2D eigenvalue weighted by molar-refractivity contribution is 5.80. The van der Waals surface area contributed by atoms with Crippen molar-refractivity contribution in [2.24, 2.45) is 41.4 Å². The zero-order valence-corrected chi connectivity index (χ0v) is 19.8. The fourth-order valence-electron chi connectivity index (χ4n) is 5.90. The molecule has 0 aromatic heterocycles. The van der Waals surface area contributed by atoms with Crippen molar-refractivity contribution in [2.75, 3.05) is 20.3 Å². The maximum Gasteiger partial charge on any atom is 0.133 e. The molecule has 1 saturated carbocycles. The first-order valence-electron chi connectivity index (χ1n) is 11.8. The highest BCUT2D eigenvalue weighted by Gasteiger charge is 2.46. The molecule has 1 aromatic rings. The maximum atomic E-state index is 12.8. The van der Waals surface area contributed by atoms with Gasteiger partial charge >= 0.3 is 0 Å². The largest absolute Gasteiger partial charge is 0.497 e. The summed E-state index contributed by atoms with van der Waals surface area (Å²) in [4.78, 5) is 12.8. The van der Waals surface area contributed by atoms with Crippen LogP contribution in [0.25, 0.3) is 0 Å². The molecule has 0 heterocycles. The predicted molar refractivity (Wildman–Crippen MR) is 124 cm³/mol. The summed E-state index contributed by atoms with van der Waals surface area (Å²) in [6.07, 6.45) is 4.76. The van der Waals surface area contributed by atoms with Crippen LogP contribution in [0.3, 0.4) is 0 Å². The second-order valence-corrected chi connectivity index (χ2v) is 10.2. The van der Waals surface area contributed by atoms with Gasteiger partial charge in [0, 0.05) is 26.1 Å². The molecule has 0 spiro atoms. The highest BCUT2D eigenvalue weighted by atomic mass is 16.5. The minimum atomic E-state index is 0.207. The van der Waals surface area contributed by atoms with Crippen LogP contribution in [-0.4, -0.2) is 31.2 Å². The lowest BCUT2D eigenvalue weighted by atomic mass is 9.56. The zero-order chi connectivity index (χ0) is 22.5. The van der Waals surface area contributed by atoms with E-state index in [0.29, 0.717) is 67.3 Å². The van der Waals surface area contributed by atoms with Crippen molar-refractivity contribution in [3.8, 4) is 5.75 Å². The molecule has 1 aromatic carbocycles. The minimum absolute atomic E-state index is 0.207. The van der Waals surface area contributed by atoms with Gasteiger partial charge in [0.1, 0.15) is 11.5 Å². The van der Waals surface area contributed by atoms with Gasteiger partial charge in [-0.2, -0.15) is 0 Å². The summed E-state index contributed by atoms with van der Waals surface area (Å²) in [5, 5.41) is 10.1. The molecule has 0 radical (unpaired) electrons. The first kappa shape index (κ1) is 24.0. The topological polar surface area (TPSA) is 55.8 Å². The van der Waals surface area contributed by atoms with Crippen LogP contribution in [0.4, 0.5) is 0 Å². The maximum absolute atomic E-state index is 12.8. The van der Waals surface area contributed by atoms with Crippen LogP contribution in [-0.2, 0) is 16.1 Å². The number of carbonyl (C=O) groups is 1. The van der Waals surface area contributed by atoms with Gasteiger partial charge in [0.25, 0.3) is 0 Å². The Kier molecular flexibility index (Phi) is 8.35. The van der Waals surface area contributed by atoms with Crippen molar-refractivity contribution in [1.82, 2.24) is 0 Å². The Morgan fingerprint density at radius 2 is 1.77 bits per heavy atom. The van der Waals surface area contributed by atoms with Gasteiger partial charge < -0.3 is 14.6 Å². The van der Waals surface area contributed by atoms with Gasteiger partial charge in [0.15, 0.2) is 0 Å². The molecule has 0 aliphatic heterocycles. The molecule has 0 saturated heterocycles. The molecule has 31 heavy (non-hydrogen) atoms. The van der Waals surface area contributed by atoms with Crippen LogP contribution in [0.1, 0.15) is 52.5 Å². The number of aliphatic hydroxyl groups excluding tert-OH is 1. The van der Waals surface area contributed by atoms with E-state index < -0.39 is 0 Å². The van der Waals surface area contributed by atoms with Crippen LogP contribution in [0, 0.1) is 41.4 Å². The van der Waals surface area contributed by atoms with Gasteiger partial charge in [-0.25, -0.2) is 0 Å². The third-order valence-electron chi connectivity index (χ3n) is 7.66.